The summed E-state index contributed by atoms with van der Waals surface area (Å²) in [5.74, 6) is 0.0162. The van der Waals surface area contributed by atoms with Gasteiger partial charge in [0.05, 0.1) is 77.4 Å². The molecule has 29 heavy (non-hydrogen) atoms. The van der Waals surface area contributed by atoms with E-state index in [1.807, 2.05) is 4.90 Å². The molecular formula is C18H35NO9S. The molecule has 0 aromatic carbocycles. The molecule has 1 aliphatic heterocycles. The van der Waals surface area contributed by atoms with Crippen LogP contribution in [-0.2, 0) is 43.1 Å². The van der Waals surface area contributed by atoms with Crippen LogP contribution >= 0.6 is 0 Å². The number of esters is 1. The Labute approximate surface area is 173 Å². The smallest absolute Gasteiger partial charge is 0.307 e. The van der Waals surface area contributed by atoms with Crippen LogP contribution in [0.5, 0.6) is 0 Å². The van der Waals surface area contributed by atoms with E-state index in [2.05, 4.69) is 0 Å². The van der Waals surface area contributed by atoms with Crippen LogP contribution in [0.4, 0.5) is 0 Å². The van der Waals surface area contributed by atoms with E-state index in [9.17, 15) is 13.2 Å². The molecule has 0 N–H and O–H groups in total. The van der Waals surface area contributed by atoms with Crippen LogP contribution in [0, 0.1) is 0 Å². The zero-order valence-corrected chi connectivity index (χ0v) is 18.2. The van der Waals surface area contributed by atoms with Gasteiger partial charge < -0.3 is 33.3 Å². The predicted molar refractivity (Wildman–Crippen MR) is 106 cm³/mol. The van der Waals surface area contributed by atoms with Crippen LogP contribution in [0.2, 0.25) is 0 Å². The number of carbonyl (C=O) groups is 1. The Morgan fingerprint density at radius 2 is 1.21 bits per heavy atom. The van der Waals surface area contributed by atoms with E-state index in [0.717, 1.165) is 0 Å². The molecule has 10 nitrogen and oxygen atoms in total. The van der Waals surface area contributed by atoms with Gasteiger partial charge in [0.15, 0.2) is 9.84 Å². The van der Waals surface area contributed by atoms with Crippen molar-refractivity contribution in [2.45, 2.75) is 6.42 Å². The van der Waals surface area contributed by atoms with Crippen molar-refractivity contribution in [1.29, 1.82) is 0 Å². The number of carbonyl (C=O) groups excluding carboxylic acids is 1. The summed E-state index contributed by atoms with van der Waals surface area (Å²) in [6.07, 6.45) is 0.251. The summed E-state index contributed by atoms with van der Waals surface area (Å²) >= 11 is 0. The molecule has 0 atom stereocenters. The van der Waals surface area contributed by atoms with Crippen molar-refractivity contribution in [1.82, 2.24) is 4.90 Å². The zero-order chi connectivity index (χ0) is 21.2. The molecule has 0 spiro atoms. The van der Waals surface area contributed by atoms with E-state index in [0.29, 0.717) is 79.1 Å². The van der Waals surface area contributed by atoms with E-state index in [1.165, 1.54) is 0 Å². The molecule has 172 valence electrons. The summed E-state index contributed by atoms with van der Waals surface area (Å²) in [6.45, 7) is 6.01. The van der Waals surface area contributed by atoms with Gasteiger partial charge in [0, 0.05) is 26.7 Å². The SMILES string of the molecule is COCCOCCOCCOCCOCCOC(=O)CCN1CCS(=O)(=O)CC1. The monoisotopic (exact) mass is 441 g/mol. The van der Waals surface area contributed by atoms with Gasteiger partial charge in [-0.25, -0.2) is 8.42 Å². The third-order valence-electron chi connectivity index (χ3n) is 4.11. The Morgan fingerprint density at radius 1 is 0.759 bits per heavy atom. The number of sulfone groups is 1. The lowest BCUT2D eigenvalue weighted by Gasteiger charge is -2.25. The van der Waals surface area contributed by atoms with Crippen molar-refractivity contribution >= 4 is 15.8 Å². The topological polar surface area (TPSA) is 110 Å². The van der Waals surface area contributed by atoms with Gasteiger partial charge in [-0.1, -0.05) is 0 Å². The standard InChI is InChI=1S/C18H35NO9S/c1-23-6-7-24-8-9-25-10-11-26-12-13-27-14-15-28-18(20)2-3-19-4-16-29(21,22)17-5-19/h2-17H2,1H3. The molecule has 1 saturated heterocycles. The molecule has 1 fully saturated rings. The van der Waals surface area contributed by atoms with Crippen molar-refractivity contribution in [3.8, 4) is 0 Å². The van der Waals surface area contributed by atoms with Crippen molar-refractivity contribution in [2.24, 2.45) is 0 Å². The second kappa shape index (κ2) is 16.9. The van der Waals surface area contributed by atoms with Crippen LogP contribution in [0.15, 0.2) is 0 Å². The number of hydrogen-bond donors (Lipinski definition) is 0. The molecule has 0 bridgehead atoms. The summed E-state index contributed by atoms with van der Waals surface area (Å²) in [5.41, 5.74) is 0. The van der Waals surface area contributed by atoms with E-state index >= 15 is 0 Å². The number of hydrogen-bond acceptors (Lipinski definition) is 10. The maximum absolute atomic E-state index is 11.7. The Morgan fingerprint density at radius 3 is 1.69 bits per heavy atom. The van der Waals surface area contributed by atoms with Gasteiger partial charge in [-0.2, -0.15) is 0 Å². The van der Waals surface area contributed by atoms with Crippen molar-refractivity contribution in [3.63, 3.8) is 0 Å². The molecule has 1 aliphatic rings. The molecule has 11 heteroatoms. The second-order valence-corrected chi connectivity index (χ2v) is 8.71. The average Bonchev–Trinajstić information content (AvgIpc) is 2.70. The molecule has 1 heterocycles. The van der Waals surface area contributed by atoms with Gasteiger partial charge in [-0.3, -0.25) is 4.79 Å². The minimum Gasteiger partial charge on any atom is -0.463 e. The lowest BCUT2D eigenvalue weighted by molar-refractivity contribution is -0.145. The van der Waals surface area contributed by atoms with E-state index in [1.54, 1.807) is 7.11 Å². The molecule has 0 aromatic heterocycles. The maximum atomic E-state index is 11.7. The molecule has 0 amide bonds. The van der Waals surface area contributed by atoms with Gasteiger partial charge in [0.25, 0.3) is 0 Å². The van der Waals surface area contributed by atoms with Crippen LogP contribution in [0.25, 0.3) is 0 Å². The summed E-state index contributed by atoms with van der Waals surface area (Å²) in [6, 6.07) is 0. The first kappa shape index (κ1) is 26.2. The maximum Gasteiger partial charge on any atom is 0.307 e. The fourth-order valence-corrected chi connectivity index (χ4v) is 3.69. The lowest BCUT2D eigenvalue weighted by Crippen LogP contribution is -2.41. The van der Waals surface area contributed by atoms with Gasteiger partial charge in [0.2, 0.25) is 0 Å². The highest BCUT2D eigenvalue weighted by atomic mass is 32.2. The summed E-state index contributed by atoms with van der Waals surface area (Å²) < 4.78 is 53.9. The Kier molecular flexibility index (Phi) is 15.3. The molecular weight excluding hydrogens is 406 g/mol. The highest BCUT2D eigenvalue weighted by molar-refractivity contribution is 7.91. The first-order valence-corrected chi connectivity index (χ1v) is 11.7. The number of methoxy groups -OCH3 is 1. The highest BCUT2D eigenvalue weighted by Gasteiger charge is 2.21. The van der Waals surface area contributed by atoms with Gasteiger partial charge in [-0.05, 0) is 0 Å². The van der Waals surface area contributed by atoms with Gasteiger partial charge >= 0.3 is 5.97 Å². The summed E-state index contributed by atoms with van der Waals surface area (Å²) in [5, 5.41) is 0. The van der Waals surface area contributed by atoms with Crippen molar-refractivity contribution in [3.05, 3.63) is 0 Å². The predicted octanol–water partition coefficient (Wildman–Crippen LogP) is -0.637. The Balaban J connectivity index is 1.79. The van der Waals surface area contributed by atoms with E-state index in [4.69, 9.17) is 28.4 Å². The van der Waals surface area contributed by atoms with Crippen molar-refractivity contribution < 1.29 is 41.6 Å². The third-order valence-corrected chi connectivity index (χ3v) is 5.72. The number of nitrogens with zero attached hydrogens (tertiary/aromatic N) is 1. The van der Waals surface area contributed by atoms with Crippen LogP contribution in [-0.4, -0.2) is 124 Å². The van der Waals surface area contributed by atoms with Gasteiger partial charge in [-0.15, -0.1) is 0 Å². The first-order chi connectivity index (χ1) is 14.0. The Bertz CT molecular complexity index is 501. The molecule has 0 saturated carbocycles. The largest absolute Gasteiger partial charge is 0.463 e. The second-order valence-electron chi connectivity index (χ2n) is 6.41. The van der Waals surface area contributed by atoms with Crippen LogP contribution < -0.4 is 0 Å². The highest BCUT2D eigenvalue weighted by Crippen LogP contribution is 2.04. The fourth-order valence-electron chi connectivity index (χ4n) is 2.41. The van der Waals surface area contributed by atoms with E-state index in [-0.39, 0.29) is 30.5 Å². The first-order valence-electron chi connectivity index (χ1n) is 9.92. The molecule has 0 unspecified atom stereocenters. The summed E-state index contributed by atoms with van der Waals surface area (Å²) in [7, 11) is -1.26. The molecule has 0 aromatic rings. The molecule has 0 radical (unpaired) electrons. The zero-order valence-electron chi connectivity index (χ0n) is 17.3. The molecule has 1 rings (SSSR count). The lowest BCUT2D eigenvalue weighted by atomic mass is 10.3. The summed E-state index contributed by atoms with van der Waals surface area (Å²) in [4.78, 5) is 13.6. The van der Waals surface area contributed by atoms with Crippen molar-refractivity contribution in [2.75, 3.05) is 104 Å². The Hall–Kier alpha value is -0.820. The average molecular weight is 442 g/mol. The fraction of sp³-hybridized carbons (Fsp3) is 0.944. The van der Waals surface area contributed by atoms with Crippen LogP contribution in [0.1, 0.15) is 6.42 Å². The minimum atomic E-state index is -2.89. The minimum absolute atomic E-state index is 0.160. The van der Waals surface area contributed by atoms with Gasteiger partial charge in [0.1, 0.15) is 6.61 Å². The quantitative estimate of drug-likeness (QED) is 0.201. The van der Waals surface area contributed by atoms with Crippen LogP contribution in [0.3, 0.4) is 0 Å². The molecule has 0 aliphatic carbocycles. The normalized spacial score (nSPS) is 16.7. The van der Waals surface area contributed by atoms with E-state index < -0.39 is 9.84 Å². The number of rotatable bonds is 18. The number of ether oxygens (including phenoxy) is 6. The third kappa shape index (κ3) is 15.7.